The van der Waals surface area contributed by atoms with Gasteiger partial charge in [-0.25, -0.2) is 0 Å². The van der Waals surface area contributed by atoms with Crippen LogP contribution in [-0.4, -0.2) is 28.3 Å². The number of amides is 1. The molecule has 3 rings (SSSR count). The fourth-order valence-corrected chi connectivity index (χ4v) is 2.90. The molecule has 0 aliphatic heterocycles. The first-order valence-electron chi connectivity index (χ1n) is 8.41. The third kappa shape index (κ3) is 3.36. The fourth-order valence-electron chi connectivity index (χ4n) is 2.90. The topological polar surface area (TPSA) is 69.2 Å². The van der Waals surface area contributed by atoms with E-state index in [1.165, 1.54) is 0 Å². The van der Waals surface area contributed by atoms with Crippen molar-refractivity contribution in [2.75, 3.05) is 11.9 Å². The monoisotopic (exact) mass is 337 g/mol. The molecule has 25 heavy (non-hydrogen) atoms. The highest BCUT2D eigenvalue weighted by Gasteiger charge is 2.20. The molecule has 0 unspecified atom stereocenters. The van der Waals surface area contributed by atoms with E-state index in [2.05, 4.69) is 24.0 Å². The Bertz CT molecular complexity index is 911. The maximum atomic E-state index is 12.9. The van der Waals surface area contributed by atoms with E-state index < -0.39 is 0 Å². The van der Waals surface area contributed by atoms with Gasteiger partial charge in [0.15, 0.2) is 0 Å². The fraction of sp³-hybridized carbons (Fsp3) is 0.300. The number of aromatic hydroxyl groups is 1. The molecule has 0 saturated heterocycles. The van der Waals surface area contributed by atoms with Gasteiger partial charge in [0.2, 0.25) is 0 Å². The lowest BCUT2D eigenvalue weighted by atomic mass is 10.0. The minimum atomic E-state index is -0.250. The third-order valence-electron chi connectivity index (χ3n) is 4.32. The van der Waals surface area contributed by atoms with E-state index in [0.29, 0.717) is 11.4 Å². The molecule has 0 saturated carbocycles. The zero-order valence-electron chi connectivity index (χ0n) is 15.0. The van der Waals surface area contributed by atoms with Crippen molar-refractivity contribution in [1.82, 2.24) is 10.2 Å². The summed E-state index contributed by atoms with van der Waals surface area (Å²) >= 11 is 0. The summed E-state index contributed by atoms with van der Waals surface area (Å²) in [4.78, 5) is 14.4. The Morgan fingerprint density at radius 1 is 1.24 bits per heavy atom. The van der Waals surface area contributed by atoms with Crippen LogP contribution in [0.3, 0.4) is 0 Å². The van der Waals surface area contributed by atoms with Crippen molar-refractivity contribution in [1.29, 1.82) is 0 Å². The normalized spacial score (nSPS) is 11.2. The van der Waals surface area contributed by atoms with Crippen LogP contribution in [0.4, 0.5) is 5.69 Å². The number of benzene rings is 2. The van der Waals surface area contributed by atoms with E-state index in [0.717, 1.165) is 28.8 Å². The zero-order valence-corrected chi connectivity index (χ0v) is 15.0. The van der Waals surface area contributed by atoms with Crippen LogP contribution in [0.1, 0.15) is 35.5 Å². The molecule has 0 fully saturated rings. The maximum absolute atomic E-state index is 12.9. The summed E-state index contributed by atoms with van der Waals surface area (Å²) in [6, 6.07) is 11.0. The lowest BCUT2D eigenvalue weighted by molar-refractivity contribution is 0.0990. The van der Waals surface area contributed by atoms with E-state index in [-0.39, 0.29) is 17.2 Å². The van der Waals surface area contributed by atoms with Gasteiger partial charge in [-0.1, -0.05) is 31.5 Å². The van der Waals surface area contributed by atoms with E-state index >= 15 is 0 Å². The number of H-pyrrole nitrogens is 1. The maximum Gasteiger partial charge on any atom is 0.261 e. The SMILES string of the molecule is Cc1ccc(N(C)C(=O)c2cc3c(CC(C)C)[nH]nc3cc2O)cc1. The summed E-state index contributed by atoms with van der Waals surface area (Å²) in [6.45, 7) is 6.26. The molecular formula is C20H23N3O2. The lowest BCUT2D eigenvalue weighted by Gasteiger charge is -2.18. The number of aromatic nitrogens is 2. The van der Waals surface area contributed by atoms with Gasteiger partial charge in [0, 0.05) is 29.9 Å². The number of nitrogens with zero attached hydrogens (tertiary/aromatic N) is 2. The summed E-state index contributed by atoms with van der Waals surface area (Å²) in [5.41, 5.74) is 3.84. The number of aromatic amines is 1. The highest BCUT2D eigenvalue weighted by Crippen LogP contribution is 2.29. The third-order valence-corrected chi connectivity index (χ3v) is 4.32. The molecule has 1 amide bonds. The Hall–Kier alpha value is -2.82. The molecule has 0 aliphatic carbocycles. The van der Waals surface area contributed by atoms with Gasteiger partial charge < -0.3 is 10.0 Å². The smallest absolute Gasteiger partial charge is 0.261 e. The number of phenols is 1. The zero-order chi connectivity index (χ0) is 18.1. The van der Waals surface area contributed by atoms with Crippen molar-refractivity contribution in [2.24, 2.45) is 5.92 Å². The number of hydrogen-bond donors (Lipinski definition) is 2. The average molecular weight is 337 g/mol. The summed E-state index contributed by atoms with van der Waals surface area (Å²) in [5, 5.41) is 18.4. The standard InChI is InChI=1S/C20H23N3O2/c1-12(2)9-17-15-10-16(19(24)11-18(15)22-21-17)20(25)23(4)14-7-5-13(3)6-8-14/h5-8,10-12,24H,9H2,1-4H3,(H,21,22). The highest BCUT2D eigenvalue weighted by atomic mass is 16.3. The quantitative estimate of drug-likeness (QED) is 0.754. The Balaban J connectivity index is 2.00. The Morgan fingerprint density at radius 2 is 1.92 bits per heavy atom. The average Bonchev–Trinajstić information content (AvgIpc) is 2.94. The molecule has 2 aromatic carbocycles. The molecule has 3 aromatic rings. The predicted molar refractivity (Wildman–Crippen MR) is 100 cm³/mol. The largest absolute Gasteiger partial charge is 0.507 e. The predicted octanol–water partition coefficient (Wildman–Crippen LogP) is 4.05. The summed E-state index contributed by atoms with van der Waals surface area (Å²) < 4.78 is 0. The number of fused-ring (bicyclic) bond motifs is 1. The van der Waals surface area contributed by atoms with E-state index in [9.17, 15) is 9.90 Å². The molecule has 0 bridgehead atoms. The van der Waals surface area contributed by atoms with Crippen molar-refractivity contribution in [3.8, 4) is 5.75 Å². The Kier molecular flexibility index (Phi) is 4.49. The number of nitrogens with one attached hydrogen (secondary N) is 1. The van der Waals surface area contributed by atoms with Crippen LogP contribution in [-0.2, 0) is 6.42 Å². The number of aryl methyl sites for hydroxylation is 1. The summed E-state index contributed by atoms with van der Waals surface area (Å²) in [5.74, 6) is 0.158. The highest BCUT2D eigenvalue weighted by molar-refractivity contribution is 6.09. The molecule has 0 radical (unpaired) electrons. The molecule has 5 nitrogen and oxygen atoms in total. The molecular weight excluding hydrogens is 314 g/mol. The first-order chi connectivity index (χ1) is 11.9. The minimum Gasteiger partial charge on any atom is -0.507 e. The van der Waals surface area contributed by atoms with E-state index in [4.69, 9.17) is 0 Å². The van der Waals surface area contributed by atoms with Crippen molar-refractivity contribution in [3.63, 3.8) is 0 Å². The van der Waals surface area contributed by atoms with Gasteiger partial charge in [0.05, 0.1) is 11.1 Å². The van der Waals surface area contributed by atoms with Gasteiger partial charge in [-0.2, -0.15) is 5.10 Å². The van der Waals surface area contributed by atoms with E-state index in [1.54, 1.807) is 24.1 Å². The molecule has 1 heterocycles. The van der Waals surface area contributed by atoms with Crippen LogP contribution in [0.15, 0.2) is 36.4 Å². The molecule has 130 valence electrons. The second-order valence-electron chi connectivity index (χ2n) is 6.89. The van der Waals surface area contributed by atoms with Gasteiger partial charge >= 0.3 is 0 Å². The number of phenolic OH excluding ortho intramolecular Hbond substituents is 1. The van der Waals surface area contributed by atoms with Crippen molar-refractivity contribution in [3.05, 3.63) is 53.2 Å². The molecule has 1 aromatic heterocycles. The lowest BCUT2D eigenvalue weighted by Crippen LogP contribution is -2.26. The summed E-state index contributed by atoms with van der Waals surface area (Å²) in [6.07, 6.45) is 0.836. The molecule has 0 spiro atoms. The first kappa shape index (κ1) is 17.0. The Labute approximate surface area is 147 Å². The second-order valence-corrected chi connectivity index (χ2v) is 6.89. The number of rotatable bonds is 4. The Morgan fingerprint density at radius 3 is 2.56 bits per heavy atom. The minimum absolute atomic E-state index is 0.0564. The van der Waals surface area contributed by atoms with Crippen molar-refractivity contribution in [2.45, 2.75) is 27.2 Å². The van der Waals surface area contributed by atoms with Crippen LogP contribution in [0.25, 0.3) is 10.9 Å². The number of carbonyl (C=O) groups excluding carboxylic acids is 1. The molecule has 2 N–H and O–H groups in total. The van der Waals surface area contributed by atoms with Crippen LogP contribution < -0.4 is 4.90 Å². The van der Waals surface area contributed by atoms with Gasteiger partial charge in [-0.15, -0.1) is 0 Å². The first-order valence-corrected chi connectivity index (χ1v) is 8.41. The van der Waals surface area contributed by atoms with Gasteiger partial charge in [-0.3, -0.25) is 9.89 Å². The van der Waals surface area contributed by atoms with Crippen LogP contribution >= 0.6 is 0 Å². The van der Waals surface area contributed by atoms with Crippen LogP contribution in [0, 0.1) is 12.8 Å². The van der Waals surface area contributed by atoms with Crippen LogP contribution in [0.5, 0.6) is 5.75 Å². The van der Waals surface area contributed by atoms with Crippen molar-refractivity contribution >= 4 is 22.5 Å². The number of carbonyl (C=O) groups is 1. The number of anilines is 1. The second kappa shape index (κ2) is 6.59. The summed E-state index contributed by atoms with van der Waals surface area (Å²) in [7, 11) is 1.71. The molecule has 0 atom stereocenters. The van der Waals surface area contributed by atoms with Crippen LogP contribution in [0.2, 0.25) is 0 Å². The van der Waals surface area contributed by atoms with Gasteiger partial charge in [0.1, 0.15) is 5.75 Å². The molecule has 5 heteroatoms. The van der Waals surface area contributed by atoms with Gasteiger partial charge in [0.25, 0.3) is 5.91 Å². The van der Waals surface area contributed by atoms with E-state index in [1.807, 2.05) is 31.2 Å². The van der Waals surface area contributed by atoms with Crippen molar-refractivity contribution < 1.29 is 9.90 Å². The number of hydrogen-bond acceptors (Lipinski definition) is 3. The van der Waals surface area contributed by atoms with Gasteiger partial charge in [-0.05, 0) is 37.5 Å². The molecule has 0 aliphatic rings.